The van der Waals surface area contributed by atoms with Crippen molar-refractivity contribution in [3.8, 4) is 5.75 Å². The van der Waals surface area contributed by atoms with Gasteiger partial charge >= 0.3 is 5.97 Å². The fourth-order valence-corrected chi connectivity index (χ4v) is 3.06. The first-order valence-corrected chi connectivity index (χ1v) is 9.63. The van der Waals surface area contributed by atoms with Crippen LogP contribution in [0.15, 0.2) is 84.9 Å². The number of allylic oxidation sites excluding steroid dienone is 1. The highest BCUT2D eigenvalue weighted by atomic mass is 16.5. The van der Waals surface area contributed by atoms with Crippen molar-refractivity contribution in [2.75, 3.05) is 12.3 Å². The van der Waals surface area contributed by atoms with E-state index in [2.05, 4.69) is 18.2 Å². The maximum absolute atomic E-state index is 10.7. The number of aliphatic carboxylic acids is 1. The Labute approximate surface area is 171 Å². The zero-order chi connectivity index (χ0) is 20.5. The van der Waals surface area contributed by atoms with Crippen LogP contribution in [-0.2, 0) is 17.6 Å². The van der Waals surface area contributed by atoms with Crippen LogP contribution in [0.3, 0.4) is 0 Å². The molecule has 0 saturated carbocycles. The second kappa shape index (κ2) is 10.1. The smallest absolute Gasteiger partial charge is 0.303 e. The minimum absolute atomic E-state index is 0.125. The summed E-state index contributed by atoms with van der Waals surface area (Å²) in [6, 6.07) is 25.6. The highest BCUT2D eigenvalue weighted by Gasteiger charge is 2.07. The Kier molecular flexibility index (Phi) is 7.06. The molecule has 0 aliphatic carbocycles. The van der Waals surface area contributed by atoms with E-state index in [1.807, 2.05) is 66.7 Å². The van der Waals surface area contributed by atoms with Gasteiger partial charge < -0.3 is 15.6 Å². The van der Waals surface area contributed by atoms with Gasteiger partial charge in [0.1, 0.15) is 12.4 Å². The quantitative estimate of drug-likeness (QED) is 0.507. The third-order valence-corrected chi connectivity index (χ3v) is 4.68. The molecule has 0 saturated heterocycles. The summed E-state index contributed by atoms with van der Waals surface area (Å²) in [5, 5.41) is 8.80. The number of rotatable bonds is 9. The third-order valence-electron chi connectivity index (χ3n) is 4.68. The zero-order valence-electron chi connectivity index (χ0n) is 16.3. The Balaban J connectivity index is 1.71. The maximum atomic E-state index is 10.7. The Bertz CT molecular complexity index is 963. The predicted octanol–water partition coefficient (Wildman–Crippen LogP) is 4.99. The monoisotopic (exact) mass is 387 g/mol. The number of para-hydroxylation sites is 1. The van der Waals surface area contributed by atoms with E-state index in [1.54, 1.807) is 0 Å². The number of anilines is 1. The van der Waals surface area contributed by atoms with Crippen molar-refractivity contribution in [2.24, 2.45) is 0 Å². The van der Waals surface area contributed by atoms with Gasteiger partial charge in [-0.05, 0) is 47.7 Å². The maximum Gasteiger partial charge on any atom is 0.303 e. The molecule has 0 aliphatic rings. The predicted molar refractivity (Wildman–Crippen MR) is 117 cm³/mol. The lowest BCUT2D eigenvalue weighted by Crippen LogP contribution is -2.04. The number of hydrogen-bond donors (Lipinski definition) is 2. The molecule has 3 rings (SSSR count). The summed E-state index contributed by atoms with van der Waals surface area (Å²) < 4.78 is 6.01. The molecule has 0 spiro atoms. The van der Waals surface area contributed by atoms with Crippen LogP contribution in [0, 0.1) is 0 Å². The molecule has 0 fully saturated rings. The van der Waals surface area contributed by atoms with Crippen LogP contribution in [0.1, 0.15) is 23.1 Å². The summed E-state index contributed by atoms with van der Waals surface area (Å²) in [6.45, 7) is 0.398. The van der Waals surface area contributed by atoms with E-state index in [0.29, 0.717) is 13.0 Å². The molecular weight excluding hydrogens is 362 g/mol. The summed E-state index contributed by atoms with van der Waals surface area (Å²) in [5.41, 5.74) is 11.1. The van der Waals surface area contributed by atoms with Crippen LogP contribution in [0.5, 0.6) is 5.75 Å². The van der Waals surface area contributed by atoms with Crippen LogP contribution in [0.4, 0.5) is 5.69 Å². The molecule has 0 heterocycles. The van der Waals surface area contributed by atoms with Crippen LogP contribution < -0.4 is 10.5 Å². The molecule has 4 nitrogen and oxygen atoms in total. The van der Waals surface area contributed by atoms with Crippen LogP contribution in [0.25, 0.3) is 5.57 Å². The molecule has 3 aromatic carbocycles. The van der Waals surface area contributed by atoms with Crippen LogP contribution >= 0.6 is 0 Å². The second-order valence-electron chi connectivity index (χ2n) is 6.83. The van der Waals surface area contributed by atoms with Gasteiger partial charge in [-0.2, -0.15) is 0 Å². The van der Waals surface area contributed by atoms with Crippen molar-refractivity contribution >= 4 is 17.2 Å². The lowest BCUT2D eigenvalue weighted by Gasteiger charge is -2.13. The number of carboxylic acid groups (broad SMARTS) is 1. The van der Waals surface area contributed by atoms with Gasteiger partial charge in [-0.1, -0.05) is 66.7 Å². The minimum Gasteiger partial charge on any atom is -0.489 e. The van der Waals surface area contributed by atoms with Gasteiger partial charge in [0, 0.05) is 17.7 Å². The van der Waals surface area contributed by atoms with Crippen molar-refractivity contribution < 1.29 is 14.6 Å². The van der Waals surface area contributed by atoms with Crippen molar-refractivity contribution in [2.45, 2.75) is 19.3 Å². The average Bonchev–Trinajstić information content (AvgIpc) is 2.74. The summed E-state index contributed by atoms with van der Waals surface area (Å²) >= 11 is 0. The van der Waals surface area contributed by atoms with Crippen LogP contribution in [0.2, 0.25) is 0 Å². The van der Waals surface area contributed by atoms with E-state index in [4.69, 9.17) is 15.6 Å². The van der Waals surface area contributed by atoms with E-state index >= 15 is 0 Å². The fraction of sp³-hybridized carbons (Fsp3) is 0.160. The first-order chi connectivity index (χ1) is 14.1. The molecule has 0 radical (unpaired) electrons. The Morgan fingerprint density at radius 2 is 1.59 bits per heavy atom. The number of carboxylic acids is 1. The average molecular weight is 387 g/mol. The zero-order valence-corrected chi connectivity index (χ0v) is 16.3. The molecule has 4 heteroatoms. The highest BCUT2D eigenvalue weighted by Crippen LogP contribution is 2.24. The normalized spacial score (nSPS) is 11.2. The molecule has 0 unspecified atom stereocenters. The SMILES string of the molecule is Nc1ccccc1/C(=C\Cc1ccccc1)COc1ccc(CCC(=O)O)cc1. The van der Waals surface area contributed by atoms with Gasteiger partial charge in [0.2, 0.25) is 0 Å². The van der Waals surface area contributed by atoms with Gasteiger partial charge in [0.15, 0.2) is 0 Å². The topological polar surface area (TPSA) is 72.5 Å². The molecule has 0 aromatic heterocycles. The van der Waals surface area contributed by atoms with Crippen molar-refractivity contribution in [1.29, 1.82) is 0 Å². The van der Waals surface area contributed by atoms with Crippen LogP contribution in [-0.4, -0.2) is 17.7 Å². The van der Waals surface area contributed by atoms with Gasteiger partial charge in [-0.15, -0.1) is 0 Å². The van der Waals surface area contributed by atoms with Gasteiger partial charge in [0.05, 0.1) is 0 Å². The summed E-state index contributed by atoms with van der Waals surface area (Å²) in [5.74, 6) is -0.0526. The lowest BCUT2D eigenvalue weighted by atomic mass is 10.0. The number of aryl methyl sites for hydroxylation is 1. The van der Waals surface area contributed by atoms with E-state index in [0.717, 1.165) is 34.6 Å². The first-order valence-electron chi connectivity index (χ1n) is 9.63. The van der Waals surface area contributed by atoms with Gasteiger partial charge in [-0.25, -0.2) is 0 Å². The number of hydrogen-bond acceptors (Lipinski definition) is 3. The summed E-state index contributed by atoms with van der Waals surface area (Å²) in [4.78, 5) is 10.7. The fourth-order valence-electron chi connectivity index (χ4n) is 3.06. The van der Waals surface area contributed by atoms with Gasteiger partial charge in [0.25, 0.3) is 0 Å². The Hall–Kier alpha value is -3.53. The van der Waals surface area contributed by atoms with Gasteiger partial charge in [-0.3, -0.25) is 4.79 Å². The van der Waals surface area contributed by atoms with E-state index < -0.39 is 5.97 Å². The van der Waals surface area contributed by atoms with Crippen molar-refractivity contribution in [3.05, 3.63) is 102 Å². The molecule has 3 aromatic rings. The third kappa shape index (κ3) is 6.25. The Morgan fingerprint density at radius 3 is 2.28 bits per heavy atom. The lowest BCUT2D eigenvalue weighted by molar-refractivity contribution is -0.136. The summed E-state index contributed by atoms with van der Waals surface area (Å²) in [6.07, 6.45) is 3.59. The van der Waals surface area contributed by atoms with E-state index in [1.165, 1.54) is 5.56 Å². The standard InChI is InChI=1S/C25H25NO3/c26-24-9-5-4-8-23(24)21(14-10-19-6-2-1-3-7-19)18-29-22-15-11-20(12-16-22)13-17-25(27)28/h1-9,11-12,14-16H,10,13,17-18,26H2,(H,27,28)/b21-14-. The molecule has 3 N–H and O–H groups in total. The highest BCUT2D eigenvalue weighted by molar-refractivity contribution is 5.76. The molecule has 29 heavy (non-hydrogen) atoms. The summed E-state index contributed by atoms with van der Waals surface area (Å²) in [7, 11) is 0. The molecule has 0 amide bonds. The number of nitrogen functional groups attached to an aromatic ring is 1. The molecule has 0 atom stereocenters. The molecule has 0 bridgehead atoms. The van der Waals surface area contributed by atoms with Crippen molar-refractivity contribution in [1.82, 2.24) is 0 Å². The molecular formula is C25H25NO3. The number of carbonyl (C=O) groups is 1. The number of nitrogens with two attached hydrogens (primary N) is 1. The van der Waals surface area contributed by atoms with E-state index in [-0.39, 0.29) is 6.42 Å². The Morgan fingerprint density at radius 1 is 0.897 bits per heavy atom. The molecule has 0 aliphatic heterocycles. The number of ether oxygens (including phenoxy) is 1. The second-order valence-corrected chi connectivity index (χ2v) is 6.83. The first kappa shape index (κ1) is 20.2. The van der Waals surface area contributed by atoms with Crippen molar-refractivity contribution in [3.63, 3.8) is 0 Å². The molecule has 148 valence electrons. The minimum atomic E-state index is -0.793. The number of benzene rings is 3. The van der Waals surface area contributed by atoms with E-state index in [9.17, 15) is 4.79 Å². The largest absolute Gasteiger partial charge is 0.489 e.